The van der Waals surface area contributed by atoms with Crippen LogP contribution in [0.3, 0.4) is 0 Å². The van der Waals surface area contributed by atoms with Crippen LogP contribution in [0.15, 0.2) is 53.5 Å². The molecule has 0 radical (unpaired) electrons. The Morgan fingerprint density at radius 2 is 1.81 bits per heavy atom. The van der Waals surface area contributed by atoms with Crippen molar-refractivity contribution >= 4 is 22.6 Å². The molecule has 1 aromatic carbocycles. The minimum atomic E-state index is -0.342. The van der Waals surface area contributed by atoms with Crippen molar-refractivity contribution in [3.63, 3.8) is 0 Å². The Morgan fingerprint density at radius 1 is 1.06 bits per heavy atom. The van der Waals surface area contributed by atoms with Gasteiger partial charge in [0.1, 0.15) is 16.8 Å². The summed E-state index contributed by atoms with van der Waals surface area (Å²) in [6, 6.07) is 13.3. The predicted molar refractivity (Wildman–Crippen MR) is 140 cm³/mol. The second kappa shape index (κ2) is 10.1. The molecule has 8 nitrogen and oxygen atoms in total. The van der Waals surface area contributed by atoms with E-state index in [0.717, 1.165) is 36.3 Å². The molecule has 4 aromatic rings. The number of pyridine rings is 2. The van der Waals surface area contributed by atoms with Gasteiger partial charge in [0, 0.05) is 19.3 Å². The van der Waals surface area contributed by atoms with Gasteiger partial charge in [-0.25, -0.2) is 4.98 Å². The number of fused-ring (bicyclic) bond motifs is 2. The first-order chi connectivity index (χ1) is 17.4. The molecule has 0 bridgehead atoms. The number of hydrogen-bond acceptors (Lipinski definition) is 5. The number of carbonyl (C=O) groups is 1. The minimum Gasteiger partial charge on any atom is -0.351 e. The summed E-state index contributed by atoms with van der Waals surface area (Å²) >= 11 is 0. The normalized spacial score (nSPS) is 14.4. The standard InChI is InChI=1S/C28H32N6O2/c1-19-8-10-21(11-9-19)18-34-24(29)22(27(35)30-12-16-32-13-4-3-5-14-32)17-23-26(34)31-25-20(2)7-6-15-33(25)28(23)36/h6-11,15,17,29H,3-5,12-14,16,18H2,1-2H3,(H,30,35). The number of amides is 1. The average Bonchev–Trinajstić information content (AvgIpc) is 2.88. The van der Waals surface area contributed by atoms with Gasteiger partial charge in [-0.1, -0.05) is 42.3 Å². The van der Waals surface area contributed by atoms with E-state index >= 15 is 0 Å². The summed E-state index contributed by atoms with van der Waals surface area (Å²) in [4.78, 5) is 33.9. The smallest absolute Gasteiger partial charge is 0.267 e. The van der Waals surface area contributed by atoms with Gasteiger partial charge in [0.05, 0.1) is 17.5 Å². The van der Waals surface area contributed by atoms with Crippen LogP contribution in [0.5, 0.6) is 0 Å². The fraction of sp³-hybridized carbons (Fsp3) is 0.357. The molecule has 1 fully saturated rings. The van der Waals surface area contributed by atoms with Crippen LogP contribution in [0, 0.1) is 19.3 Å². The van der Waals surface area contributed by atoms with Crippen molar-refractivity contribution in [1.82, 2.24) is 24.2 Å². The van der Waals surface area contributed by atoms with Crippen molar-refractivity contribution in [2.24, 2.45) is 0 Å². The number of rotatable bonds is 6. The van der Waals surface area contributed by atoms with E-state index in [2.05, 4.69) is 10.2 Å². The first kappa shape index (κ1) is 23.9. The van der Waals surface area contributed by atoms with Crippen LogP contribution < -0.4 is 16.4 Å². The molecule has 1 amide bonds. The van der Waals surface area contributed by atoms with Crippen molar-refractivity contribution in [1.29, 1.82) is 5.41 Å². The van der Waals surface area contributed by atoms with Crippen LogP contribution in [-0.4, -0.2) is 50.9 Å². The zero-order chi connectivity index (χ0) is 25.2. The summed E-state index contributed by atoms with van der Waals surface area (Å²) in [5.41, 5.74) is 3.90. The van der Waals surface area contributed by atoms with Gasteiger partial charge in [-0.15, -0.1) is 0 Å². The molecule has 3 aromatic heterocycles. The SMILES string of the molecule is Cc1ccc(Cn2c(=N)c(C(=O)NCCN3CCCCC3)cc3c(=O)n4cccc(C)c4nc32)cc1. The van der Waals surface area contributed by atoms with Crippen LogP contribution >= 0.6 is 0 Å². The third-order valence-electron chi connectivity index (χ3n) is 7.00. The molecule has 5 rings (SSSR count). The maximum absolute atomic E-state index is 13.5. The summed E-state index contributed by atoms with van der Waals surface area (Å²) < 4.78 is 3.18. The highest BCUT2D eigenvalue weighted by atomic mass is 16.1. The first-order valence-electron chi connectivity index (χ1n) is 12.6. The quantitative estimate of drug-likeness (QED) is 0.411. The Hall–Kier alpha value is -3.78. The monoisotopic (exact) mass is 484 g/mol. The second-order valence-electron chi connectivity index (χ2n) is 9.68. The van der Waals surface area contributed by atoms with Crippen molar-refractivity contribution in [3.8, 4) is 0 Å². The van der Waals surface area contributed by atoms with E-state index in [0.29, 0.717) is 29.8 Å². The third kappa shape index (κ3) is 4.68. The van der Waals surface area contributed by atoms with Gasteiger partial charge in [-0.05, 0) is 63.0 Å². The lowest BCUT2D eigenvalue weighted by molar-refractivity contribution is 0.0944. The molecule has 0 spiro atoms. The molecular weight excluding hydrogens is 452 g/mol. The number of nitrogens with zero attached hydrogens (tertiary/aromatic N) is 4. The lowest BCUT2D eigenvalue weighted by Crippen LogP contribution is -2.40. The number of piperidine rings is 1. The Bertz CT molecular complexity index is 1550. The van der Waals surface area contributed by atoms with Gasteiger partial charge in [-0.3, -0.25) is 19.4 Å². The Labute approximate surface area is 209 Å². The van der Waals surface area contributed by atoms with Crippen LogP contribution in [0.25, 0.3) is 16.7 Å². The third-order valence-corrected chi connectivity index (χ3v) is 7.00. The molecule has 8 heteroatoms. The van der Waals surface area contributed by atoms with Crippen LogP contribution in [-0.2, 0) is 6.54 Å². The fourth-order valence-corrected chi connectivity index (χ4v) is 4.91. The molecule has 4 heterocycles. The maximum Gasteiger partial charge on any atom is 0.267 e. The highest BCUT2D eigenvalue weighted by Gasteiger charge is 2.19. The number of nitrogens with one attached hydrogen (secondary N) is 2. The van der Waals surface area contributed by atoms with Crippen molar-refractivity contribution in [2.75, 3.05) is 26.2 Å². The molecule has 186 valence electrons. The highest BCUT2D eigenvalue weighted by Crippen LogP contribution is 2.15. The Morgan fingerprint density at radius 3 is 2.56 bits per heavy atom. The van der Waals surface area contributed by atoms with E-state index in [9.17, 15) is 9.59 Å². The maximum atomic E-state index is 13.5. The molecular formula is C28H32N6O2. The van der Waals surface area contributed by atoms with E-state index in [-0.39, 0.29) is 22.5 Å². The van der Waals surface area contributed by atoms with Gasteiger partial charge >= 0.3 is 0 Å². The first-order valence-corrected chi connectivity index (χ1v) is 12.6. The Kier molecular flexibility index (Phi) is 6.69. The molecule has 2 N–H and O–H groups in total. The molecule has 1 saturated heterocycles. The van der Waals surface area contributed by atoms with Crippen LogP contribution in [0.4, 0.5) is 0 Å². The summed E-state index contributed by atoms with van der Waals surface area (Å²) in [6.45, 7) is 7.66. The lowest BCUT2D eigenvalue weighted by atomic mass is 10.1. The van der Waals surface area contributed by atoms with Crippen molar-refractivity contribution in [3.05, 3.63) is 86.8 Å². The Balaban J connectivity index is 1.58. The van der Waals surface area contributed by atoms with Crippen molar-refractivity contribution < 1.29 is 4.79 Å². The molecule has 0 saturated carbocycles. The summed E-state index contributed by atoms with van der Waals surface area (Å²) in [5.74, 6) is -0.342. The summed E-state index contributed by atoms with van der Waals surface area (Å²) in [5, 5.41) is 12.3. The molecule has 1 aliphatic rings. The van der Waals surface area contributed by atoms with Crippen LogP contribution in [0.1, 0.15) is 46.3 Å². The average molecular weight is 485 g/mol. The van der Waals surface area contributed by atoms with E-state index in [1.807, 2.05) is 50.2 Å². The minimum absolute atomic E-state index is 0.0448. The van der Waals surface area contributed by atoms with Crippen LogP contribution in [0.2, 0.25) is 0 Å². The number of aromatic nitrogens is 3. The molecule has 36 heavy (non-hydrogen) atoms. The number of hydrogen-bond donors (Lipinski definition) is 2. The fourth-order valence-electron chi connectivity index (χ4n) is 4.91. The molecule has 1 aliphatic heterocycles. The van der Waals surface area contributed by atoms with Crippen molar-refractivity contribution in [2.45, 2.75) is 39.7 Å². The lowest BCUT2D eigenvalue weighted by Gasteiger charge is -2.26. The second-order valence-corrected chi connectivity index (χ2v) is 9.68. The number of aryl methyl sites for hydroxylation is 2. The zero-order valence-corrected chi connectivity index (χ0v) is 20.9. The predicted octanol–water partition coefficient (Wildman–Crippen LogP) is 3.01. The summed E-state index contributed by atoms with van der Waals surface area (Å²) in [6.07, 6.45) is 5.34. The highest BCUT2D eigenvalue weighted by molar-refractivity contribution is 5.96. The largest absolute Gasteiger partial charge is 0.351 e. The van der Waals surface area contributed by atoms with E-state index < -0.39 is 0 Å². The topological polar surface area (TPSA) is 95.5 Å². The van der Waals surface area contributed by atoms with Gasteiger partial charge < -0.3 is 14.8 Å². The summed E-state index contributed by atoms with van der Waals surface area (Å²) in [7, 11) is 0. The number of carbonyl (C=O) groups excluding carboxylic acids is 1. The van der Waals surface area contributed by atoms with Gasteiger partial charge in [0.25, 0.3) is 11.5 Å². The van der Waals surface area contributed by atoms with Gasteiger partial charge in [0.15, 0.2) is 0 Å². The molecule has 0 atom stereocenters. The molecule has 0 unspecified atom stereocenters. The van der Waals surface area contributed by atoms with Gasteiger partial charge in [-0.2, -0.15) is 0 Å². The van der Waals surface area contributed by atoms with Gasteiger partial charge in [0.2, 0.25) is 0 Å². The van der Waals surface area contributed by atoms with E-state index in [1.165, 1.54) is 29.7 Å². The number of likely N-dealkylation sites (tertiary alicyclic amines) is 1. The zero-order valence-electron chi connectivity index (χ0n) is 20.9. The van der Waals surface area contributed by atoms with E-state index in [1.54, 1.807) is 10.8 Å². The number of benzene rings is 1. The van der Waals surface area contributed by atoms with E-state index in [4.69, 9.17) is 10.4 Å². The molecule has 0 aliphatic carbocycles.